The van der Waals surface area contributed by atoms with Gasteiger partial charge in [0, 0.05) is 37.2 Å². The van der Waals surface area contributed by atoms with Crippen molar-refractivity contribution >= 4 is 17.9 Å². The normalized spacial score (nSPS) is 20.9. The van der Waals surface area contributed by atoms with Crippen LogP contribution in [0.15, 0.2) is 0 Å². The molecule has 5 nitrogen and oxygen atoms in total. The fourth-order valence-electron chi connectivity index (χ4n) is 2.36. The Morgan fingerprint density at radius 2 is 2.10 bits per heavy atom. The molecule has 1 aliphatic heterocycles. The zero-order valence-corrected chi connectivity index (χ0v) is 15.0. The van der Waals surface area contributed by atoms with E-state index in [4.69, 9.17) is 4.74 Å². The van der Waals surface area contributed by atoms with E-state index in [1.807, 2.05) is 32.5 Å². The minimum Gasteiger partial charge on any atom is -0.444 e. The van der Waals surface area contributed by atoms with Crippen molar-refractivity contribution in [2.75, 3.05) is 39.0 Å². The molecule has 1 heterocycles. The Kier molecular flexibility index (Phi) is 6.37. The number of rotatable bonds is 4. The maximum Gasteiger partial charge on any atom is 0.410 e. The molecule has 1 atom stereocenters. The molecule has 1 fully saturated rings. The third-order valence-electron chi connectivity index (χ3n) is 3.16. The molecule has 0 aromatic heterocycles. The van der Waals surface area contributed by atoms with Crippen molar-refractivity contribution < 1.29 is 14.6 Å². The lowest BCUT2D eigenvalue weighted by Crippen LogP contribution is -2.48. The topological polar surface area (TPSA) is 53.0 Å². The quantitative estimate of drug-likeness (QED) is 0.860. The van der Waals surface area contributed by atoms with Crippen molar-refractivity contribution in [1.29, 1.82) is 0 Å². The lowest BCUT2D eigenvalue weighted by molar-refractivity contribution is 0.0164. The van der Waals surface area contributed by atoms with E-state index in [2.05, 4.69) is 18.7 Å². The van der Waals surface area contributed by atoms with Crippen LogP contribution in [-0.4, -0.2) is 76.4 Å². The third-order valence-corrected chi connectivity index (χ3v) is 4.46. The SMILES string of the molecule is CN(CC(O)CN1CCSC(C)(C)C1)C(=O)OC(C)(C)C. The molecule has 1 amide bonds. The average Bonchev–Trinajstić information content (AvgIpc) is 2.24. The first-order chi connectivity index (χ1) is 9.48. The number of hydrogen-bond donors (Lipinski definition) is 1. The van der Waals surface area contributed by atoms with Gasteiger partial charge in [0.05, 0.1) is 12.6 Å². The Balaban J connectivity index is 2.39. The summed E-state index contributed by atoms with van der Waals surface area (Å²) in [4.78, 5) is 15.6. The zero-order chi connectivity index (χ0) is 16.3. The summed E-state index contributed by atoms with van der Waals surface area (Å²) in [5, 5.41) is 10.2. The van der Waals surface area contributed by atoms with Gasteiger partial charge in [0.15, 0.2) is 0 Å². The van der Waals surface area contributed by atoms with Crippen LogP contribution in [0.1, 0.15) is 34.6 Å². The van der Waals surface area contributed by atoms with E-state index in [1.54, 1.807) is 7.05 Å². The second kappa shape index (κ2) is 7.20. The molecule has 1 rings (SSSR count). The molecule has 21 heavy (non-hydrogen) atoms. The molecule has 0 aromatic carbocycles. The van der Waals surface area contributed by atoms with Gasteiger partial charge in [0.25, 0.3) is 0 Å². The first-order valence-corrected chi connectivity index (χ1v) is 8.45. The molecule has 1 N–H and O–H groups in total. The van der Waals surface area contributed by atoms with Crippen molar-refractivity contribution in [3.63, 3.8) is 0 Å². The molecule has 0 radical (unpaired) electrons. The number of aliphatic hydroxyl groups is 1. The van der Waals surface area contributed by atoms with Crippen LogP contribution >= 0.6 is 11.8 Å². The second-order valence-electron chi connectivity index (χ2n) is 7.36. The van der Waals surface area contributed by atoms with Crippen molar-refractivity contribution in [2.45, 2.75) is 51.1 Å². The summed E-state index contributed by atoms with van der Waals surface area (Å²) >= 11 is 1.97. The number of ether oxygens (including phenoxy) is 1. The van der Waals surface area contributed by atoms with Crippen LogP contribution in [0, 0.1) is 0 Å². The fourth-order valence-corrected chi connectivity index (χ4v) is 3.53. The summed E-state index contributed by atoms with van der Waals surface area (Å²) in [6, 6.07) is 0. The first-order valence-electron chi connectivity index (χ1n) is 7.47. The molecule has 1 unspecified atom stereocenters. The van der Waals surface area contributed by atoms with Crippen LogP contribution in [0.25, 0.3) is 0 Å². The first kappa shape index (κ1) is 18.6. The summed E-state index contributed by atoms with van der Waals surface area (Å²) in [7, 11) is 1.66. The standard InChI is InChI=1S/C15H30N2O3S/c1-14(2,3)20-13(19)16(6)9-12(18)10-17-7-8-21-15(4,5)11-17/h12,18H,7-11H2,1-6H3. The molecule has 124 valence electrons. The summed E-state index contributed by atoms with van der Waals surface area (Å²) in [5.41, 5.74) is -0.510. The maximum atomic E-state index is 11.9. The summed E-state index contributed by atoms with van der Waals surface area (Å²) in [6.45, 7) is 12.8. The van der Waals surface area contributed by atoms with E-state index in [0.29, 0.717) is 13.1 Å². The van der Waals surface area contributed by atoms with Gasteiger partial charge in [-0.3, -0.25) is 4.90 Å². The number of carbonyl (C=O) groups is 1. The summed E-state index contributed by atoms with van der Waals surface area (Å²) in [5.74, 6) is 1.08. The molecule has 0 bridgehead atoms. The summed E-state index contributed by atoms with van der Waals surface area (Å²) < 4.78 is 5.51. The van der Waals surface area contributed by atoms with E-state index in [1.165, 1.54) is 4.90 Å². The van der Waals surface area contributed by atoms with Crippen molar-refractivity contribution in [3.8, 4) is 0 Å². The zero-order valence-electron chi connectivity index (χ0n) is 14.2. The number of amides is 1. The average molecular weight is 318 g/mol. The third kappa shape index (κ3) is 7.38. The van der Waals surface area contributed by atoms with Gasteiger partial charge in [-0.2, -0.15) is 11.8 Å². The number of hydrogen-bond acceptors (Lipinski definition) is 5. The Labute approximate surface area is 133 Å². The van der Waals surface area contributed by atoms with Crippen LogP contribution in [0.3, 0.4) is 0 Å². The van der Waals surface area contributed by atoms with Gasteiger partial charge in [0.2, 0.25) is 0 Å². The fraction of sp³-hybridized carbons (Fsp3) is 0.933. The number of nitrogens with zero attached hydrogens (tertiary/aromatic N) is 2. The number of thioether (sulfide) groups is 1. The van der Waals surface area contributed by atoms with Crippen molar-refractivity contribution in [2.24, 2.45) is 0 Å². The van der Waals surface area contributed by atoms with Crippen molar-refractivity contribution in [1.82, 2.24) is 9.80 Å². The van der Waals surface area contributed by atoms with Crippen molar-refractivity contribution in [3.05, 3.63) is 0 Å². The predicted octanol–water partition coefficient (Wildman–Crippen LogP) is 2.04. The van der Waals surface area contributed by atoms with Gasteiger partial charge < -0.3 is 14.7 Å². The highest BCUT2D eigenvalue weighted by Crippen LogP contribution is 2.29. The van der Waals surface area contributed by atoms with E-state index in [-0.39, 0.29) is 4.75 Å². The molecule has 0 saturated carbocycles. The molecule has 0 aliphatic carbocycles. The predicted molar refractivity (Wildman–Crippen MR) is 87.8 cm³/mol. The highest BCUT2D eigenvalue weighted by Gasteiger charge is 2.28. The molecule has 1 aliphatic rings. The van der Waals surface area contributed by atoms with E-state index < -0.39 is 17.8 Å². The number of β-amino-alcohol motifs (C(OH)–C–C–N with tert-alkyl or cyclic N) is 1. The van der Waals surface area contributed by atoms with E-state index >= 15 is 0 Å². The van der Waals surface area contributed by atoms with Crippen LogP contribution in [-0.2, 0) is 4.74 Å². The van der Waals surface area contributed by atoms with Gasteiger partial charge in [-0.05, 0) is 34.6 Å². The number of carbonyl (C=O) groups excluding carboxylic acids is 1. The lowest BCUT2D eigenvalue weighted by Gasteiger charge is -2.38. The van der Waals surface area contributed by atoms with Gasteiger partial charge in [-0.15, -0.1) is 0 Å². The maximum absolute atomic E-state index is 11.9. The lowest BCUT2D eigenvalue weighted by atomic mass is 10.1. The van der Waals surface area contributed by atoms with Crippen LogP contribution in [0.5, 0.6) is 0 Å². The highest BCUT2D eigenvalue weighted by molar-refractivity contribution is 8.00. The second-order valence-corrected chi connectivity index (χ2v) is 9.16. The van der Waals surface area contributed by atoms with Gasteiger partial charge in [-0.25, -0.2) is 4.79 Å². The molecular weight excluding hydrogens is 288 g/mol. The molecule has 6 heteroatoms. The van der Waals surface area contributed by atoms with Crippen LogP contribution in [0.2, 0.25) is 0 Å². The van der Waals surface area contributed by atoms with Gasteiger partial charge >= 0.3 is 6.09 Å². The Morgan fingerprint density at radius 3 is 2.62 bits per heavy atom. The smallest absolute Gasteiger partial charge is 0.410 e. The van der Waals surface area contributed by atoms with Gasteiger partial charge in [0.1, 0.15) is 5.60 Å². The van der Waals surface area contributed by atoms with E-state index in [0.717, 1.165) is 18.8 Å². The van der Waals surface area contributed by atoms with Crippen LogP contribution < -0.4 is 0 Å². The highest BCUT2D eigenvalue weighted by atomic mass is 32.2. The minimum absolute atomic E-state index is 0.231. The van der Waals surface area contributed by atoms with Crippen LogP contribution in [0.4, 0.5) is 4.79 Å². The summed E-state index contributed by atoms with van der Waals surface area (Å²) in [6.07, 6.45) is -0.947. The largest absolute Gasteiger partial charge is 0.444 e. The monoisotopic (exact) mass is 318 g/mol. The Hall–Kier alpha value is -0.460. The number of likely N-dealkylation sites (N-methyl/N-ethyl adjacent to an activating group) is 1. The number of aliphatic hydroxyl groups excluding tert-OH is 1. The van der Waals surface area contributed by atoms with E-state index in [9.17, 15) is 9.90 Å². The Morgan fingerprint density at radius 1 is 1.48 bits per heavy atom. The molecule has 0 aromatic rings. The van der Waals surface area contributed by atoms with Gasteiger partial charge in [-0.1, -0.05) is 0 Å². The minimum atomic E-state index is -0.554. The molecule has 1 saturated heterocycles. The Bertz CT molecular complexity index is 355. The molecule has 0 spiro atoms. The molecular formula is C15H30N2O3S.